The van der Waals surface area contributed by atoms with Crippen LogP contribution in [0.5, 0.6) is 0 Å². The van der Waals surface area contributed by atoms with Crippen LogP contribution in [0.25, 0.3) is 11.2 Å². The average Bonchev–Trinajstić information content (AvgIpc) is 3.25. The molecule has 0 saturated carbocycles. The highest BCUT2D eigenvalue weighted by atomic mass is 16.6. The lowest BCUT2D eigenvalue weighted by atomic mass is 10.1. The minimum Gasteiger partial charge on any atom is -0.387 e. The van der Waals surface area contributed by atoms with E-state index in [1.54, 1.807) is 6.92 Å². The summed E-state index contributed by atoms with van der Waals surface area (Å²) < 4.78 is 7.16. The third-order valence-corrected chi connectivity index (χ3v) is 5.19. The van der Waals surface area contributed by atoms with Gasteiger partial charge in [0.15, 0.2) is 23.8 Å². The molecule has 4 heterocycles. The van der Waals surface area contributed by atoms with E-state index in [0.29, 0.717) is 30.1 Å². The normalized spacial score (nSPS) is 28.1. The number of imidazole rings is 1. The first-order valence-corrected chi connectivity index (χ1v) is 9.71. The predicted molar refractivity (Wildman–Crippen MR) is 102 cm³/mol. The van der Waals surface area contributed by atoms with Crippen LogP contribution in [0.1, 0.15) is 19.0 Å². The van der Waals surface area contributed by atoms with Gasteiger partial charge in [-0.3, -0.25) is 14.3 Å². The van der Waals surface area contributed by atoms with E-state index in [-0.39, 0.29) is 5.82 Å². The number of nitrogen functional groups attached to an aromatic ring is 1. The summed E-state index contributed by atoms with van der Waals surface area (Å²) in [5, 5.41) is 26.6. The Morgan fingerprint density at radius 1 is 1.34 bits per heavy atom. The van der Waals surface area contributed by atoms with Crippen molar-refractivity contribution < 1.29 is 19.7 Å². The summed E-state index contributed by atoms with van der Waals surface area (Å²) in [4.78, 5) is 27.5. The highest BCUT2D eigenvalue weighted by Gasteiger charge is 2.47. The number of hydrogen-bond acceptors (Lipinski definition) is 10. The Kier molecular flexibility index (Phi) is 5.61. The number of aliphatic hydroxyl groups excluding tert-OH is 2. The van der Waals surface area contributed by atoms with E-state index < -0.39 is 30.4 Å². The number of likely N-dealkylation sites (N-methyl/N-ethyl adjacent to an activating group) is 1. The third-order valence-electron chi connectivity index (χ3n) is 5.19. The molecule has 0 bridgehead atoms. The molecule has 12 heteroatoms. The zero-order chi connectivity index (χ0) is 20.5. The van der Waals surface area contributed by atoms with Gasteiger partial charge in [-0.25, -0.2) is 15.0 Å². The van der Waals surface area contributed by atoms with E-state index >= 15 is 0 Å². The van der Waals surface area contributed by atoms with Crippen LogP contribution in [0.4, 0.5) is 5.82 Å². The molecule has 12 nitrogen and oxygen atoms in total. The minimum absolute atomic E-state index is 0.229. The standard InChI is InChI=1S/C17H26N8O4/c1-2-20-16(28)13-11(26)12(27)17(29-13)25-8-21-10-14(18)22-9(23-15(10)25)7-24-5-3-19-4-6-24/h8,11-13,17,19,26-27H,2-7H2,1H3,(H,20,28)(H2,18,22,23)/t11?,12?,13-,17+/m0/s1. The Labute approximate surface area is 167 Å². The third kappa shape index (κ3) is 3.76. The molecular formula is C17H26N8O4. The zero-order valence-corrected chi connectivity index (χ0v) is 16.2. The summed E-state index contributed by atoms with van der Waals surface area (Å²) in [5.74, 6) is 0.277. The maximum atomic E-state index is 12.1. The molecule has 2 fully saturated rings. The number of nitrogens with two attached hydrogens (primary N) is 1. The maximum absolute atomic E-state index is 12.1. The van der Waals surface area contributed by atoms with E-state index in [1.165, 1.54) is 10.9 Å². The van der Waals surface area contributed by atoms with Crippen molar-refractivity contribution in [3.05, 3.63) is 12.2 Å². The van der Waals surface area contributed by atoms with E-state index in [2.05, 4.69) is 30.5 Å². The van der Waals surface area contributed by atoms with Crippen LogP contribution in [0.3, 0.4) is 0 Å². The fourth-order valence-electron chi connectivity index (χ4n) is 3.69. The van der Waals surface area contributed by atoms with Gasteiger partial charge in [-0.05, 0) is 6.92 Å². The number of piperazine rings is 1. The minimum atomic E-state index is -1.37. The molecule has 2 unspecified atom stereocenters. The van der Waals surface area contributed by atoms with Gasteiger partial charge >= 0.3 is 0 Å². The summed E-state index contributed by atoms with van der Waals surface area (Å²) in [7, 11) is 0. The molecule has 4 rings (SSSR count). The number of amides is 1. The van der Waals surface area contributed by atoms with Gasteiger partial charge in [0.1, 0.15) is 23.5 Å². The smallest absolute Gasteiger partial charge is 0.252 e. The van der Waals surface area contributed by atoms with Crippen LogP contribution >= 0.6 is 0 Å². The quantitative estimate of drug-likeness (QED) is 0.361. The maximum Gasteiger partial charge on any atom is 0.252 e. The Hall–Kier alpha value is -2.38. The van der Waals surface area contributed by atoms with Gasteiger partial charge in [0.2, 0.25) is 0 Å². The highest BCUT2D eigenvalue weighted by Crippen LogP contribution is 2.32. The summed E-state index contributed by atoms with van der Waals surface area (Å²) in [5.41, 5.74) is 6.84. The van der Waals surface area contributed by atoms with Gasteiger partial charge < -0.3 is 31.3 Å². The van der Waals surface area contributed by atoms with Crippen LogP contribution in [0.2, 0.25) is 0 Å². The number of aromatic nitrogens is 4. The molecule has 0 aromatic carbocycles. The molecular weight excluding hydrogens is 380 g/mol. The van der Waals surface area contributed by atoms with Crippen molar-refractivity contribution in [2.45, 2.75) is 38.0 Å². The Morgan fingerprint density at radius 3 is 2.83 bits per heavy atom. The summed E-state index contributed by atoms with van der Waals surface area (Å²) in [6.45, 7) is 6.24. The number of anilines is 1. The number of rotatable bonds is 5. The van der Waals surface area contributed by atoms with Crippen LogP contribution in [0.15, 0.2) is 6.33 Å². The number of carbonyl (C=O) groups is 1. The van der Waals surface area contributed by atoms with Crippen LogP contribution in [-0.4, -0.2) is 91.6 Å². The number of carbonyl (C=O) groups excluding carboxylic acids is 1. The van der Waals surface area contributed by atoms with Gasteiger partial charge in [-0.1, -0.05) is 0 Å². The first-order chi connectivity index (χ1) is 14.0. The lowest BCUT2D eigenvalue weighted by molar-refractivity contribution is -0.137. The second-order valence-electron chi connectivity index (χ2n) is 7.20. The van der Waals surface area contributed by atoms with Gasteiger partial charge in [-0.15, -0.1) is 0 Å². The van der Waals surface area contributed by atoms with Crippen LogP contribution < -0.4 is 16.4 Å². The highest BCUT2D eigenvalue weighted by molar-refractivity contribution is 5.83. The molecule has 2 saturated heterocycles. The number of fused-ring (bicyclic) bond motifs is 1. The molecule has 2 aliphatic rings. The Morgan fingerprint density at radius 2 is 2.10 bits per heavy atom. The van der Waals surface area contributed by atoms with E-state index in [1.807, 2.05) is 0 Å². The topological polar surface area (TPSA) is 164 Å². The lowest BCUT2D eigenvalue weighted by Gasteiger charge is -2.26. The van der Waals surface area contributed by atoms with Crippen LogP contribution in [-0.2, 0) is 16.1 Å². The van der Waals surface area contributed by atoms with E-state index in [9.17, 15) is 15.0 Å². The number of nitrogens with one attached hydrogen (secondary N) is 2. The number of hydrogen-bond donors (Lipinski definition) is 5. The van der Waals surface area contributed by atoms with Crippen molar-refractivity contribution in [3.63, 3.8) is 0 Å². The molecule has 0 radical (unpaired) electrons. The number of nitrogens with zero attached hydrogens (tertiary/aromatic N) is 5. The first-order valence-electron chi connectivity index (χ1n) is 9.71. The van der Waals surface area contributed by atoms with Crippen molar-refractivity contribution >= 4 is 22.9 Å². The summed E-state index contributed by atoms with van der Waals surface area (Å²) >= 11 is 0. The van der Waals surface area contributed by atoms with Crippen molar-refractivity contribution in [3.8, 4) is 0 Å². The Bertz CT molecular complexity index is 884. The second kappa shape index (κ2) is 8.16. The average molecular weight is 406 g/mol. The molecule has 4 atom stereocenters. The monoisotopic (exact) mass is 406 g/mol. The van der Waals surface area contributed by atoms with Crippen molar-refractivity contribution in [1.29, 1.82) is 0 Å². The fraction of sp³-hybridized carbons (Fsp3) is 0.647. The van der Waals surface area contributed by atoms with Crippen molar-refractivity contribution in [2.24, 2.45) is 0 Å². The van der Waals surface area contributed by atoms with Gasteiger partial charge in [0.05, 0.1) is 12.9 Å². The number of ether oxygens (including phenoxy) is 1. The number of aliphatic hydroxyl groups is 2. The zero-order valence-electron chi connectivity index (χ0n) is 16.2. The summed E-state index contributed by atoms with van der Waals surface area (Å²) in [6.07, 6.45) is -3.49. The molecule has 0 spiro atoms. The molecule has 2 aromatic heterocycles. The summed E-state index contributed by atoms with van der Waals surface area (Å²) in [6, 6.07) is 0. The largest absolute Gasteiger partial charge is 0.387 e. The van der Waals surface area contributed by atoms with Crippen LogP contribution in [0, 0.1) is 0 Å². The fourth-order valence-corrected chi connectivity index (χ4v) is 3.69. The SMILES string of the molecule is CCNC(=O)[C@H]1O[C@@H](n2cnc3c(N)nc(CN4CCNCC4)nc32)C(O)C1O. The molecule has 2 aliphatic heterocycles. The molecule has 1 amide bonds. The molecule has 6 N–H and O–H groups in total. The van der Waals surface area contributed by atoms with Gasteiger partial charge in [-0.2, -0.15) is 0 Å². The van der Waals surface area contributed by atoms with Gasteiger partial charge in [0.25, 0.3) is 5.91 Å². The van der Waals surface area contributed by atoms with E-state index in [4.69, 9.17) is 10.5 Å². The van der Waals surface area contributed by atoms with Crippen molar-refractivity contribution in [2.75, 3.05) is 38.5 Å². The van der Waals surface area contributed by atoms with Crippen molar-refractivity contribution in [1.82, 2.24) is 35.1 Å². The van der Waals surface area contributed by atoms with Gasteiger partial charge in [0, 0.05) is 32.7 Å². The first kappa shape index (κ1) is 19.9. The van der Waals surface area contributed by atoms with E-state index in [0.717, 1.165) is 26.2 Å². The lowest BCUT2D eigenvalue weighted by Crippen LogP contribution is -2.43. The second-order valence-corrected chi connectivity index (χ2v) is 7.20. The molecule has 29 heavy (non-hydrogen) atoms. The molecule has 158 valence electrons. The Balaban J connectivity index is 1.62. The molecule has 0 aliphatic carbocycles. The molecule has 2 aromatic rings. The predicted octanol–water partition coefficient (Wildman–Crippen LogP) is -2.43.